The van der Waals surface area contributed by atoms with Crippen LogP contribution in [0.2, 0.25) is 0 Å². The van der Waals surface area contributed by atoms with Crippen LogP contribution in [0.25, 0.3) is 10.6 Å². The molecule has 0 bridgehead atoms. The van der Waals surface area contributed by atoms with Gasteiger partial charge >= 0.3 is 0 Å². The summed E-state index contributed by atoms with van der Waals surface area (Å²) in [5.74, 6) is -1.52. The zero-order chi connectivity index (χ0) is 18.7. The minimum Gasteiger partial charge on any atom is -0.494 e. The van der Waals surface area contributed by atoms with Gasteiger partial charge in [0, 0.05) is 10.9 Å². The Morgan fingerprint density at radius 2 is 2.00 bits per heavy atom. The summed E-state index contributed by atoms with van der Waals surface area (Å²) in [7, 11) is 1.38. The summed E-state index contributed by atoms with van der Waals surface area (Å²) in [5, 5.41) is 4.65. The van der Waals surface area contributed by atoms with Crippen molar-refractivity contribution in [1.29, 1.82) is 0 Å². The first-order valence-corrected chi connectivity index (χ1v) is 8.37. The van der Waals surface area contributed by atoms with Crippen molar-refractivity contribution in [3.8, 4) is 16.3 Å². The molecule has 6 nitrogen and oxygen atoms in total. The maximum Gasteiger partial charge on any atom is 0.275 e. The molecular formula is C18H14FN3O3S. The fourth-order valence-corrected chi connectivity index (χ4v) is 3.10. The average Bonchev–Trinajstić information content (AvgIpc) is 3.12. The number of halogens is 1. The van der Waals surface area contributed by atoms with Crippen LogP contribution < -0.4 is 15.8 Å². The van der Waals surface area contributed by atoms with Crippen LogP contribution in [0.4, 0.5) is 10.1 Å². The van der Waals surface area contributed by atoms with E-state index in [0.29, 0.717) is 16.3 Å². The molecule has 0 spiro atoms. The number of rotatable bonds is 5. The van der Waals surface area contributed by atoms with Crippen molar-refractivity contribution in [3.63, 3.8) is 0 Å². The number of nitrogens with one attached hydrogen (secondary N) is 1. The minimum atomic E-state index is -0.645. The largest absolute Gasteiger partial charge is 0.494 e. The van der Waals surface area contributed by atoms with Gasteiger partial charge < -0.3 is 15.8 Å². The lowest BCUT2D eigenvalue weighted by Gasteiger charge is -2.07. The second-order valence-electron chi connectivity index (χ2n) is 5.25. The zero-order valence-corrected chi connectivity index (χ0v) is 14.5. The van der Waals surface area contributed by atoms with Crippen molar-refractivity contribution < 1.29 is 18.7 Å². The maximum atomic E-state index is 13.8. The molecule has 0 atom stereocenters. The predicted molar refractivity (Wildman–Crippen MR) is 97.0 cm³/mol. The molecule has 0 saturated carbocycles. The fraction of sp³-hybridized carbons (Fsp3) is 0.0556. The Labute approximate surface area is 152 Å². The molecule has 0 aliphatic rings. The summed E-state index contributed by atoms with van der Waals surface area (Å²) < 4.78 is 18.7. The van der Waals surface area contributed by atoms with Crippen molar-refractivity contribution in [2.24, 2.45) is 5.73 Å². The van der Waals surface area contributed by atoms with E-state index in [9.17, 15) is 14.0 Å². The summed E-state index contributed by atoms with van der Waals surface area (Å²) in [6.07, 6.45) is 0. The quantitative estimate of drug-likeness (QED) is 0.719. The summed E-state index contributed by atoms with van der Waals surface area (Å²) >= 11 is 1.20. The highest BCUT2D eigenvalue weighted by Crippen LogP contribution is 2.28. The molecule has 1 aromatic heterocycles. The Balaban J connectivity index is 1.83. The second-order valence-corrected chi connectivity index (χ2v) is 6.11. The number of hydrogen-bond acceptors (Lipinski definition) is 5. The van der Waals surface area contributed by atoms with E-state index >= 15 is 0 Å². The summed E-state index contributed by atoms with van der Waals surface area (Å²) in [5.41, 5.74) is 6.49. The molecular weight excluding hydrogens is 357 g/mol. The number of methoxy groups -OCH3 is 1. The van der Waals surface area contributed by atoms with Gasteiger partial charge in [0.25, 0.3) is 11.8 Å². The Bertz CT molecular complexity index is 987. The van der Waals surface area contributed by atoms with Crippen LogP contribution in [0.15, 0.2) is 47.8 Å². The molecule has 2 amide bonds. The third kappa shape index (κ3) is 3.55. The molecule has 3 N–H and O–H groups in total. The first-order valence-electron chi connectivity index (χ1n) is 7.49. The molecule has 3 rings (SSSR count). The van der Waals surface area contributed by atoms with E-state index in [1.165, 1.54) is 36.6 Å². The number of para-hydroxylation sites is 1. The number of anilines is 1. The number of hydrogen-bond donors (Lipinski definition) is 2. The molecule has 0 aliphatic carbocycles. The van der Waals surface area contributed by atoms with Gasteiger partial charge in [0.2, 0.25) is 0 Å². The topological polar surface area (TPSA) is 94.3 Å². The number of ether oxygens (including phenoxy) is 1. The van der Waals surface area contributed by atoms with E-state index in [4.69, 9.17) is 10.5 Å². The van der Waals surface area contributed by atoms with E-state index in [1.807, 2.05) is 0 Å². The SMILES string of the molecule is COc1ccc(-c2nc(C(=O)Nc3ccccc3C(N)=O)cs2)cc1F. The van der Waals surface area contributed by atoms with Crippen LogP contribution in [-0.2, 0) is 0 Å². The number of primary amides is 1. The lowest BCUT2D eigenvalue weighted by Crippen LogP contribution is -2.18. The van der Waals surface area contributed by atoms with Gasteiger partial charge in [-0.1, -0.05) is 12.1 Å². The smallest absolute Gasteiger partial charge is 0.275 e. The van der Waals surface area contributed by atoms with Gasteiger partial charge in [0.1, 0.15) is 10.7 Å². The Morgan fingerprint density at radius 3 is 2.69 bits per heavy atom. The lowest BCUT2D eigenvalue weighted by molar-refractivity contribution is 0.100. The van der Waals surface area contributed by atoms with Gasteiger partial charge in [-0.25, -0.2) is 9.37 Å². The number of benzene rings is 2. The third-order valence-corrected chi connectivity index (χ3v) is 4.47. The maximum absolute atomic E-state index is 13.8. The summed E-state index contributed by atoms with van der Waals surface area (Å²) in [6.45, 7) is 0. The van der Waals surface area contributed by atoms with Gasteiger partial charge in [-0.3, -0.25) is 9.59 Å². The Hall–Kier alpha value is -3.26. The Morgan fingerprint density at radius 1 is 1.23 bits per heavy atom. The lowest BCUT2D eigenvalue weighted by atomic mass is 10.1. The first kappa shape index (κ1) is 17.6. The van der Waals surface area contributed by atoms with E-state index < -0.39 is 17.6 Å². The van der Waals surface area contributed by atoms with E-state index in [-0.39, 0.29) is 17.0 Å². The van der Waals surface area contributed by atoms with Crippen molar-refractivity contribution in [2.45, 2.75) is 0 Å². The number of aromatic nitrogens is 1. The third-order valence-electron chi connectivity index (χ3n) is 3.58. The number of thiazole rings is 1. The van der Waals surface area contributed by atoms with E-state index in [2.05, 4.69) is 10.3 Å². The fourth-order valence-electron chi connectivity index (χ4n) is 2.30. The van der Waals surface area contributed by atoms with Gasteiger partial charge in [-0.2, -0.15) is 0 Å². The van der Waals surface area contributed by atoms with E-state index in [1.54, 1.807) is 29.6 Å². The molecule has 0 aliphatic heterocycles. The van der Waals surface area contributed by atoms with Crippen LogP contribution in [0.1, 0.15) is 20.8 Å². The number of nitrogens with two attached hydrogens (primary N) is 1. The van der Waals surface area contributed by atoms with Gasteiger partial charge in [-0.05, 0) is 30.3 Å². The molecule has 8 heteroatoms. The molecule has 132 valence electrons. The molecule has 3 aromatic rings. The number of carbonyl (C=O) groups excluding carboxylic acids is 2. The molecule has 2 aromatic carbocycles. The Kier molecular flexibility index (Phi) is 4.94. The van der Waals surface area contributed by atoms with Crippen LogP contribution in [0.3, 0.4) is 0 Å². The van der Waals surface area contributed by atoms with Gasteiger partial charge in [0.15, 0.2) is 11.6 Å². The predicted octanol–water partition coefficient (Wildman–Crippen LogP) is 3.31. The van der Waals surface area contributed by atoms with Crippen LogP contribution >= 0.6 is 11.3 Å². The molecule has 0 radical (unpaired) electrons. The van der Waals surface area contributed by atoms with Crippen molar-refractivity contribution in [2.75, 3.05) is 12.4 Å². The normalized spacial score (nSPS) is 10.4. The van der Waals surface area contributed by atoms with E-state index in [0.717, 1.165) is 0 Å². The number of carbonyl (C=O) groups is 2. The zero-order valence-electron chi connectivity index (χ0n) is 13.7. The standard InChI is InChI=1S/C18H14FN3O3S/c1-25-15-7-6-10(8-12(15)19)18-22-14(9-26-18)17(24)21-13-5-3-2-4-11(13)16(20)23/h2-9H,1H3,(H2,20,23)(H,21,24). The highest BCUT2D eigenvalue weighted by atomic mass is 32.1. The van der Waals surface area contributed by atoms with Gasteiger partial charge in [0.05, 0.1) is 18.4 Å². The average molecular weight is 371 g/mol. The van der Waals surface area contributed by atoms with Crippen LogP contribution in [0, 0.1) is 5.82 Å². The second kappa shape index (κ2) is 7.32. The molecule has 0 saturated heterocycles. The van der Waals surface area contributed by atoms with Crippen molar-refractivity contribution in [1.82, 2.24) is 4.98 Å². The highest BCUT2D eigenvalue weighted by Gasteiger charge is 2.16. The van der Waals surface area contributed by atoms with Crippen LogP contribution in [0.5, 0.6) is 5.75 Å². The number of nitrogens with zero attached hydrogens (tertiary/aromatic N) is 1. The van der Waals surface area contributed by atoms with Crippen molar-refractivity contribution in [3.05, 3.63) is 64.9 Å². The molecule has 26 heavy (non-hydrogen) atoms. The van der Waals surface area contributed by atoms with Crippen LogP contribution in [-0.4, -0.2) is 23.9 Å². The highest BCUT2D eigenvalue weighted by molar-refractivity contribution is 7.13. The molecule has 0 unspecified atom stereocenters. The summed E-state index contributed by atoms with van der Waals surface area (Å²) in [4.78, 5) is 28.0. The van der Waals surface area contributed by atoms with Gasteiger partial charge in [-0.15, -0.1) is 11.3 Å². The molecule has 1 heterocycles. The van der Waals surface area contributed by atoms with Crippen molar-refractivity contribution >= 4 is 28.8 Å². The first-order chi connectivity index (χ1) is 12.5. The monoisotopic (exact) mass is 371 g/mol. The minimum absolute atomic E-state index is 0.131. The summed E-state index contributed by atoms with van der Waals surface area (Å²) in [6, 6.07) is 10.9. The number of amides is 2. The molecule has 0 fully saturated rings.